The average Bonchev–Trinajstić information content (AvgIpc) is 2.51. The Labute approximate surface area is 150 Å². The summed E-state index contributed by atoms with van der Waals surface area (Å²) in [7, 11) is -4.90. The molecule has 0 bridgehead atoms. The van der Waals surface area contributed by atoms with E-state index in [0.717, 1.165) is 23.4 Å². The van der Waals surface area contributed by atoms with E-state index in [9.17, 15) is 9.46 Å². The van der Waals surface area contributed by atoms with Crippen LogP contribution in [0.1, 0.15) is 26.3 Å². The van der Waals surface area contributed by atoms with Crippen LogP contribution in [0.2, 0.25) is 18.1 Å². The molecule has 1 unspecified atom stereocenters. The Morgan fingerprint density at radius 2 is 1.72 bits per heavy atom. The molecule has 0 fully saturated rings. The van der Waals surface area contributed by atoms with Crippen LogP contribution in [0.3, 0.4) is 0 Å². The molecule has 0 saturated heterocycles. The van der Waals surface area contributed by atoms with Gasteiger partial charge in [0, 0.05) is 12.5 Å². The van der Waals surface area contributed by atoms with Crippen molar-refractivity contribution < 1.29 is 22.9 Å². The van der Waals surface area contributed by atoms with Gasteiger partial charge >= 0.3 is 7.82 Å². The van der Waals surface area contributed by atoms with Gasteiger partial charge in [-0.15, -0.1) is 0 Å². The van der Waals surface area contributed by atoms with Crippen molar-refractivity contribution >= 4 is 26.9 Å². The van der Waals surface area contributed by atoms with Gasteiger partial charge in [0.15, 0.2) is 8.32 Å². The lowest BCUT2D eigenvalue weighted by atomic mass is 10.0. The molecule has 0 spiro atoms. The van der Waals surface area contributed by atoms with E-state index >= 15 is 0 Å². The minimum Gasteiger partial charge on any atom is -0.413 e. The highest BCUT2D eigenvalue weighted by Crippen LogP contribution is 2.45. The van der Waals surface area contributed by atoms with Crippen LogP contribution in [-0.2, 0) is 20.1 Å². The molecule has 0 radical (unpaired) electrons. The van der Waals surface area contributed by atoms with Crippen molar-refractivity contribution in [2.24, 2.45) is 0 Å². The van der Waals surface area contributed by atoms with Gasteiger partial charge in [0.2, 0.25) is 0 Å². The van der Waals surface area contributed by atoms with Crippen LogP contribution in [0.25, 0.3) is 10.8 Å². The molecule has 138 valence electrons. The van der Waals surface area contributed by atoms with Gasteiger partial charge in [-0.25, -0.2) is 4.57 Å². The number of hydrogen-bond donors (Lipinski definition) is 1. The molecule has 0 aliphatic rings. The lowest BCUT2D eigenvalue weighted by molar-refractivity contribution is 0.243. The number of fused-ring (bicyclic) bond motifs is 1. The van der Waals surface area contributed by atoms with Gasteiger partial charge in [-0.05, 0) is 35.1 Å². The molecular formula is C18H27O5PSi. The molecule has 0 aliphatic carbocycles. The summed E-state index contributed by atoms with van der Waals surface area (Å²) < 4.78 is 28.0. The number of phosphoric ester groups is 1. The maximum Gasteiger partial charge on any atom is 0.527 e. The van der Waals surface area contributed by atoms with Crippen molar-refractivity contribution in [2.75, 3.05) is 7.11 Å². The van der Waals surface area contributed by atoms with Crippen molar-refractivity contribution in [2.45, 2.75) is 45.5 Å². The fourth-order valence-corrected chi connectivity index (χ4v) is 3.64. The predicted molar refractivity (Wildman–Crippen MR) is 103 cm³/mol. The highest BCUT2D eigenvalue weighted by Gasteiger charge is 2.37. The lowest BCUT2D eigenvalue weighted by Crippen LogP contribution is -2.40. The maximum atomic E-state index is 11.8. The Balaban J connectivity index is 2.42. The van der Waals surface area contributed by atoms with Gasteiger partial charge < -0.3 is 8.95 Å². The van der Waals surface area contributed by atoms with Crippen molar-refractivity contribution in [3.63, 3.8) is 0 Å². The van der Waals surface area contributed by atoms with Gasteiger partial charge in [0.05, 0.1) is 6.61 Å². The summed E-state index contributed by atoms with van der Waals surface area (Å²) in [5.41, 5.74) is 0.925. The summed E-state index contributed by atoms with van der Waals surface area (Å²) in [6, 6.07) is 11.2. The molecule has 0 heterocycles. The second-order valence-electron chi connectivity index (χ2n) is 7.56. The fraction of sp³-hybridized carbons (Fsp3) is 0.444. The van der Waals surface area contributed by atoms with E-state index in [0.29, 0.717) is 12.4 Å². The molecule has 0 aliphatic heterocycles. The largest absolute Gasteiger partial charge is 0.527 e. The van der Waals surface area contributed by atoms with E-state index in [1.54, 1.807) is 12.1 Å². The highest BCUT2D eigenvalue weighted by molar-refractivity contribution is 7.47. The quantitative estimate of drug-likeness (QED) is 0.529. The van der Waals surface area contributed by atoms with Crippen LogP contribution >= 0.6 is 7.82 Å². The second-order valence-corrected chi connectivity index (χ2v) is 13.9. The van der Waals surface area contributed by atoms with E-state index in [1.165, 1.54) is 0 Å². The van der Waals surface area contributed by atoms with Crippen LogP contribution in [0.5, 0.6) is 5.75 Å². The number of hydrogen-bond acceptors (Lipinski definition) is 4. The first kappa shape index (κ1) is 20.1. The zero-order chi connectivity index (χ0) is 18.9. The third-order valence-electron chi connectivity index (χ3n) is 4.79. The van der Waals surface area contributed by atoms with E-state index in [2.05, 4.69) is 38.4 Å². The van der Waals surface area contributed by atoms with E-state index < -0.39 is 16.1 Å². The minimum absolute atomic E-state index is 0.105. The van der Waals surface area contributed by atoms with Gasteiger partial charge in [0.25, 0.3) is 0 Å². The molecule has 0 aromatic heterocycles. The monoisotopic (exact) mass is 382 g/mol. The molecule has 2 aromatic rings. The molecule has 1 atom stereocenters. The summed E-state index contributed by atoms with van der Waals surface area (Å²) in [4.78, 5) is 9.68. The van der Waals surface area contributed by atoms with Gasteiger partial charge in [-0.2, -0.15) is 0 Å². The van der Waals surface area contributed by atoms with Gasteiger partial charge in [-0.3, -0.25) is 9.42 Å². The summed E-state index contributed by atoms with van der Waals surface area (Å²) in [5, 5.41) is 1.80. The van der Waals surface area contributed by atoms with Crippen molar-refractivity contribution in [3.05, 3.63) is 42.0 Å². The minimum atomic E-state index is -4.13. The summed E-state index contributed by atoms with van der Waals surface area (Å²) >= 11 is 0. The van der Waals surface area contributed by atoms with Crippen molar-refractivity contribution in [1.29, 1.82) is 0 Å². The Morgan fingerprint density at radius 3 is 2.28 bits per heavy atom. The molecule has 1 N–H and O–H groups in total. The molecule has 2 aromatic carbocycles. The first-order chi connectivity index (χ1) is 11.5. The van der Waals surface area contributed by atoms with E-state index in [1.807, 2.05) is 24.3 Å². The lowest BCUT2D eigenvalue weighted by Gasteiger charge is -2.36. The summed E-state index contributed by atoms with van der Waals surface area (Å²) in [6.07, 6.45) is 0. The summed E-state index contributed by atoms with van der Waals surface area (Å²) in [6.45, 7) is 11.4. The Kier molecular flexibility index (Phi) is 5.81. The zero-order valence-corrected chi connectivity index (χ0v) is 17.6. The number of phosphoric acid groups is 1. The Morgan fingerprint density at radius 1 is 1.12 bits per heavy atom. The second kappa shape index (κ2) is 7.21. The molecule has 0 saturated carbocycles. The SMILES string of the molecule is COP(=O)(O)Oc1cccc2cccc(CO[Si](C)(C)C(C)(C)C)c12. The first-order valence-electron chi connectivity index (χ1n) is 8.19. The molecule has 2 rings (SSSR count). The van der Waals surface area contributed by atoms with Crippen molar-refractivity contribution in [3.8, 4) is 5.75 Å². The van der Waals surface area contributed by atoms with Crippen LogP contribution in [0.15, 0.2) is 36.4 Å². The maximum absolute atomic E-state index is 11.8. The normalized spacial score (nSPS) is 15.2. The molecule has 5 nitrogen and oxygen atoms in total. The third-order valence-corrected chi connectivity index (χ3v) is 10.2. The van der Waals surface area contributed by atoms with Crippen LogP contribution in [-0.4, -0.2) is 20.3 Å². The standard InChI is InChI=1S/C18H27O5PSi/c1-18(2,3)25(5,6)22-13-15-11-7-9-14-10-8-12-16(17(14)15)23-24(19,20)21-4/h7-12H,13H2,1-6H3,(H,19,20). The molecular weight excluding hydrogens is 355 g/mol. The first-order valence-corrected chi connectivity index (χ1v) is 12.6. The van der Waals surface area contributed by atoms with E-state index in [4.69, 9.17) is 8.95 Å². The van der Waals surface area contributed by atoms with Crippen LogP contribution in [0.4, 0.5) is 0 Å². The average molecular weight is 382 g/mol. The van der Waals surface area contributed by atoms with E-state index in [-0.39, 0.29) is 5.04 Å². The summed E-state index contributed by atoms with van der Waals surface area (Å²) in [5.74, 6) is 0.319. The Hall–Kier alpha value is -1.17. The predicted octanol–water partition coefficient (Wildman–Crippen LogP) is 5.49. The van der Waals surface area contributed by atoms with Crippen LogP contribution < -0.4 is 4.52 Å². The van der Waals surface area contributed by atoms with Gasteiger partial charge in [0.1, 0.15) is 5.75 Å². The molecule has 7 heteroatoms. The van der Waals surface area contributed by atoms with Crippen LogP contribution in [0, 0.1) is 0 Å². The highest BCUT2D eigenvalue weighted by atomic mass is 31.2. The Bertz CT molecular complexity index is 792. The van der Waals surface area contributed by atoms with Gasteiger partial charge in [-0.1, -0.05) is 51.1 Å². The topological polar surface area (TPSA) is 65.0 Å². The third kappa shape index (κ3) is 4.71. The zero-order valence-electron chi connectivity index (χ0n) is 15.7. The van der Waals surface area contributed by atoms with Crippen molar-refractivity contribution in [1.82, 2.24) is 0 Å². The smallest absolute Gasteiger partial charge is 0.413 e. The number of rotatable bonds is 6. The number of benzene rings is 2. The molecule has 0 amide bonds. The fourth-order valence-electron chi connectivity index (χ4n) is 2.21. The molecule has 25 heavy (non-hydrogen) atoms.